The summed E-state index contributed by atoms with van der Waals surface area (Å²) >= 11 is 0. The van der Waals surface area contributed by atoms with Crippen LogP contribution < -0.4 is 4.90 Å². The van der Waals surface area contributed by atoms with Crippen LogP contribution in [0.15, 0.2) is 18.3 Å². The average molecular weight is 299 g/mol. The number of hydrogen-bond donors (Lipinski definition) is 0. The fourth-order valence-corrected chi connectivity index (χ4v) is 3.54. The number of anilines is 1. The van der Waals surface area contributed by atoms with Gasteiger partial charge in [-0.15, -0.1) is 0 Å². The lowest BCUT2D eigenvalue weighted by Crippen LogP contribution is -2.60. The van der Waals surface area contributed by atoms with E-state index in [-0.39, 0.29) is 5.54 Å². The molecule has 0 radical (unpaired) electrons. The second kappa shape index (κ2) is 6.23. The number of pyridine rings is 1. The van der Waals surface area contributed by atoms with Crippen molar-refractivity contribution in [1.29, 1.82) is 5.26 Å². The van der Waals surface area contributed by atoms with Gasteiger partial charge in [-0.2, -0.15) is 5.26 Å². The molecule has 0 atom stereocenters. The molecule has 5 nitrogen and oxygen atoms in total. The van der Waals surface area contributed by atoms with Gasteiger partial charge in [-0.05, 0) is 44.5 Å². The van der Waals surface area contributed by atoms with Crippen molar-refractivity contribution in [3.8, 4) is 6.07 Å². The van der Waals surface area contributed by atoms with Gasteiger partial charge in [0.2, 0.25) is 0 Å². The summed E-state index contributed by atoms with van der Waals surface area (Å²) in [6, 6.07) is 6.81. The zero-order chi connectivity index (χ0) is 15.6. The maximum absolute atomic E-state index is 9.76. The molecular weight excluding hydrogens is 274 g/mol. The lowest BCUT2D eigenvalue weighted by atomic mass is 9.86. The summed E-state index contributed by atoms with van der Waals surface area (Å²) in [5.41, 5.74) is 0.995. The van der Waals surface area contributed by atoms with Crippen molar-refractivity contribution in [2.75, 3.05) is 51.2 Å². The fraction of sp³-hybridized carbons (Fsp3) is 0.647. The van der Waals surface area contributed by atoms with Gasteiger partial charge in [-0.3, -0.25) is 4.90 Å². The van der Waals surface area contributed by atoms with Crippen LogP contribution in [0.4, 0.5) is 5.82 Å². The molecule has 0 unspecified atom stereocenters. The Balaban J connectivity index is 1.65. The summed E-state index contributed by atoms with van der Waals surface area (Å²) in [5, 5.41) is 9.76. The molecule has 2 aliphatic heterocycles. The Morgan fingerprint density at radius 1 is 1.14 bits per heavy atom. The zero-order valence-corrected chi connectivity index (χ0v) is 13.6. The molecule has 1 aromatic rings. The summed E-state index contributed by atoms with van der Waals surface area (Å²) in [6.07, 6.45) is 3.80. The molecule has 3 rings (SSSR count). The standard InChI is InChI=1S/C17H25N5/c1-15-3-6-19-16(13-15)21-9-11-22(12-10-21)17(14-18)4-7-20(2)8-5-17/h3,6,13H,4-5,7-12H2,1-2H3. The van der Waals surface area contributed by atoms with Crippen LogP contribution in [0.1, 0.15) is 18.4 Å². The highest BCUT2D eigenvalue weighted by Crippen LogP contribution is 2.29. The molecule has 0 aliphatic carbocycles. The van der Waals surface area contributed by atoms with E-state index in [1.54, 1.807) is 0 Å². The van der Waals surface area contributed by atoms with E-state index in [1.807, 2.05) is 12.3 Å². The van der Waals surface area contributed by atoms with Crippen LogP contribution in [0.2, 0.25) is 0 Å². The molecule has 0 bridgehead atoms. The van der Waals surface area contributed by atoms with Crippen molar-refractivity contribution in [3.63, 3.8) is 0 Å². The fourth-order valence-electron chi connectivity index (χ4n) is 3.54. The number of piperazine rings is 1. The van der Waals surface area contributed by atoms with Crippen molar-refractivity contribution >= 4 is 5.82 Å². The smallest absolute Gasteiger partial charge is 0.128 e. The molecule has 2 fully saturated rings. The topological polar surface area (TPSA) is 46.4 Å². The highest BCUT2D eigenvalue weighted by molar-refractivity contribution is 5.41. The van der Waals surface area contributed by atoms with E-state index < -0.39 is 0 Å². The molecule has 22 heavy (non-hydrogen) atoms. The predicted octanol–water partition coefficient (Wildman–Crippen LogP) is 1.50. The highest BCUT2D eigenvalue weighted by Gasteiger charge is 2.40. The van der Waals surface area contributed by atoms with Gasteiger partial charge in [-0.25, -0.2) is 4.98 Å². The van der Waals surface area contributed by atoms with Crippen LogP contribution >= 0.6 is 0 Å². The van der Waals surface area contributed by atoms with Crippen molar-refractivity contribution in [1.82, 2.24) is 14.8 Å². The minimum Gasteiger partial charge on any atom is -0.354 e. The third-order valence-corrected chi connectivity index (χ3v) is 5.13. The lowest BCUT2D eigenvalue weighted by molar-refractivity contribution is 0.0648. The van der Waals surface area contributed by atoms with E-state index in [2.05, 4.69) is 45.8 Å². The Kier molecular flexibility index (Phi) is 4.32. The minimum atomic E-state index is -0.251. The molecule has 5 heteroatoms. The number of likely N-dealkylation sites (tertiary alicyclic amines) is 1. The van der Waals surface area contributed by atoms with Crippen molar-refractivity contribution < 1.29 is 0 Å². The largest absolute Gasteiger partial charge is 0.354 e. The number of nitrogens with zero attached hydrogens (tertiary/aromatic N) is 5. The summed E-state index contributed by atoms with van der Waals surface area (Å²) in [5.74, 6) is 1.06. The third-order valence-electron chi connectivity index (χ3n) is 5.13. The summed E-state index contributed by atoms with van der Waals surface area (Å²) in [7, 11) is 2.14. The predicted molar refractivity (Wildman–Crippen MR) is 87.8 cm³/mol. The van der Waals surface area contributed by atoms with E-state index in [1.165, 1.54) is 5.56 Å². The second-order valence-electron chi connectivity index (χ2n) is 6.61. The molecule has 118 valence electrons. The zero-order valence-electron chi connectivity index (χ0n) is 13.6. The second-order valence-corrected chi connectivity index (χ2v) is 6.61. The Morgan fingerprint density at radius 2 is 1.82 bits per heavy atom. The number of aryl methyl sites for hydroxylation is 1. The van der Waals surface area contributed by atoms with E-state index in [9.17, 15) is 5.26 Å². The molecule has 0 aromatic carbocycles. The molecule has 0 saturated carbocycles. The number of hydrogen-bond acceptors (Lipinski definition) is 5. The van der Waals surface area contributed by atoms with E-state index in [0.29, 0.717) is 0 Å². The Bertz CT molecular complexity index is 548. The van der Waals surface area contributed by atoms with Crippen LogP contribution in [0.5, 0.6) is 0 Å². The maximum Gasteiger partial charge on any atom is 0.128 e. The Labute approximate surface area is 133 Å². The van der Waals surface area contributed by atoms with Crippen molar-refractivity contribution in [2.24, 2.45) is 0 Å². The van der Waals surface area contributed by atoms with E-state index >= 15 is 0 Å². The Hall–Kier alpha value is -1.64. The highest BCUT2D eigenvalue weighted by atomic mass is 15.3. The molecular formula is C17H25N5. The minimum absolute atomic E-state index is 0.251. The summed E-state index contributed by atoms with van der Waals surface area (Å²) in [4.78, 5) is 11.6. The summed E-state index contributed by atoms with van der Waals surface area (Å²) in [6.45, 7) is 7.95. The van der Waals surface area contributed by atoms with Crippen LogP contribution in [-0.4, -0.2) is 66.6 Å². The molecule has 1 aromatic heterocycles. The Morgan fingerprint density at radius 3 is 2.41 bits per heavy atom. The first kappa shape index (κ1) is 15.3. The van der Waals surface area contributed by atoms with Gasteiger partial charge in [0.1, 0.15) is 11.4 Å². The first-order valence-electron chi connectivity index (χ1n) is 8.15. The third kappa shape index (κ3) is 2.94. The first-order valence-corrected chi connectivity index (χ1v) is 8.15. The first-order chi connectivity index (χ1) is 10.6. The van der Waals surface area contributed by atoms with Crippen LogP contribution in [-0.2, 0) is 0 Å². The van der Waals surface area contributed by atoms with Gasteiger partial charge in [0.15, 0.2) is 0 Å². The number of nitriles is 1. The van der Waals surface area contributed by atoms with Gasteiger partial charge in [0, 0.05) is 45.5 Å². The van der Waals surface area contributed by atoms with Crippen LogP contribution in [0.3, 0.4) is 0 Å². The van der Waals surface area contributed by atoms with Gasteiger partial charge >= 0.3 is 0 Å². The van der Waals surface area contributed by atoms with E-state index in [4.69, 9.17) is 0 Å². The van der Waals surface area contributed by atoms with Crippen LogP contribution in [0, 0.1) is 18.3 Å². The maximum atomic E-state index is 9.76. The summed E-state index contributed by atoms with van der Waals surface area (Å²) < 4.78 is 0. The molecule has 2 aliphatic rings. The monoisotopic (exact) mass is 299 g/mol. The van der Waals surface area contributed by atoms with Crippen molar-refractivity contribution in [2.45, 2.75) is 25.3 Å². The van der Waals surface area contributed by atoms with E-state index in [0.717, 1.165) is 57.9 Å². The van der Waals surface area contributed by atoms with Gasteiger partial charge in [0.25, 0.3) is 0 Å². The molecule has 0 N–H and O–H groups in total. The SMILES string of the molecule is Cc1ccnc(N2CCN(C3(C#N)CCN(C)CC3)CC2)c1. The van der Waals surface area contributed by atoms with Gasteiger partial charge < -0.3 is 9.80 Å². The molecule has 2 saturated heterocycles. The lowest BCUT2D eigenvalue weighted by Gasteiger charge is -2.47. The average Bonchev–Trinajstić information content (AvgIpc) is 2.56. The number of aromatic nitrogens is 1. The molecule has 0 amide bonds. The van der Waals surface area contributed by atoms with Crippen LogP contribution in [0.25, 0.3) is 0 Å². The van der Waals surface area contributed by atoms with Gasteiger partial charge in [-0.1, -0.05) is 0 Å². The van der Waals surface area contributed by atoms with Crippen molar-refractivity contribution in [3.05, 3.63) is 23.9 Å². The number of rotatable bonds is 2. The molecule has 3 heterocycles. The number of piperidine rings is 1. The molecule has 0 spiro atoms. The van der Waals surface area contributed by atoms with Gasteiger partial charge in [0.05, 0.1) is 6.07 Å². The quantitative estimate of drug-likeness (QED) is 0.828. The normalized spacial score (nSPS) is 23.2.